The summed E-state index contributed by atoms with van der Waals surface area (Å²) in [5.74, 6) is 1.19. The van der Waals surface area contributed by atoms with Crippen molar-refractivity contribution in [2.75, 3.05) is 12.4 Å². The lowest BCUT2D eigenvalue weighted by Crippen LogP contribution is -2.31. The number of guanidine groups is 2. The van der Waals surface area contributed by atoms with Gasteiger partial charge >= 0.3 is 0 Å². The van der Waals surface area contributed by atoms with Crippen LogP contribution in [-0.2, 0) is 6.61 Å². The minimum atomic E-state index is -0.0447. The van der Waals surface area contributed by atoms with Gasteiger partial charge in [-0.3, -0.25) is 0 Å². The SMILES string of the molecule is C=C(C)NC(=NC(N)=Nc1ccc(OC)cc1)Nc1cccc(CO)c1. The Morgan fingerprint density at radius 1 is 1.23 bits per heavy atom. The standard InChI is InChI=1S/C19H23N5O2/c1-13(2)21-19(23-16-6-4-5-14(11-16)12-25)24-18(20)22-15-7-9-17(26-3)10-8-15/h4-11,25H,1,12H2,2-3H3,(H4,20,21,22,23,24). The second kappa shape index (κ2) is 9.24. The Morgan fingerprint density at radius 3 is 2.58 bits per heavy atom. The number of nitrogens with one attached hydrogen (secondary N) is 2. The van der Waals surface area contributed by atoms with Gasteiger partial charge in [0.25, 0.3) is 0 Å². The summed E-state index contributed by atoms with van der Waals surface area (Å²) in [7, 11) is 1.60. The van der Waals surface area contributed by atoms with Gasteiger partial charge in [-0.25, -0.2) is 4.99 Å². The fourth-order valence-electron chi connectivity index (χ4n) is 2.10. The number of ether oxygens (including phenoxy) is 1. The summed E-state index contributed by atoms with van der Waals surface area (Å²) in [6, 6.07) is 14.5. The molecule has 0 aliphatic heterocycles. The van der Waals surface area contributed by atoms with E-state index in [1.54, 1.807) is 38.3 Å². The molecule has 0 amide bonds. The molecule has 2 rings (SSSR count). The van der Waals surface area contributed by atoms with Gasteiger partial charge < -0.3 is 26.2 Å². The quantitative estimate of drug-likeness (QED) is 0.489. The minimum absolute atomic E-state index is 0.0447. The van der Waals surface area contributed by atoms with Crippen LogP contribution < -0.4 is 21.1 Å². The molecule has 0 spiro atoms. The van der Waals surface area contributed by atoms with Crippen LogP contribution in [0.1, 0.15) is 12.5 Å². The number of hydrogen-bond acceptors (Lipinski definition) is 3. The van der Waals surface area contributed by atoms with Crippen LogP contribution in [0.15, 0.2) is 70.8 Å². The van der Waals surface area contributed by atoms with Crippen molar-refractivity contribution in [2.45, 2.75) is 13.5 Å². The summed E-state index contributed by atoms with van der Waals surface area (Å²) in [6.45, 7) is 5.57. The summed E-state index contributed by atoms with van der Waals surface area (Å²) >= 11 is 0. The molecule has 26 heavy (non-hydrogen) atoms. The maximum Gasteiger partial charge on any atom is 0.223 e. The van der Waals surface area contributed by atoms with Crippen molar-refractivity contribution in [3.63, 3.8) is 0 Å². The van der Waals surface area contributed by atoms with Crippen LogP contribution in [0.5, 0.6) is 5.75 Å². The molecular formula is C19H23N5O2. The predicted octanol–water partition coefficient (Wildman–Crippen LogP) is 2.73. The van der Waals surface area contributed by atoms with Crippen LogP contribution in [0.2, 0.25) is 0 Å². The number of aliphatic imine (C=N–C) groups is 2. The highest BCUT2D eigenvalue weighted by atomic mass is 16.5. The number of allylic oxidation sites excluding steroid dienone is 1. The van der Waals surface area contributed by atoms with E-state index in [0.717, 1.165) is 17.0 Å². The summed E-state index contributed by atoms with van der Waals surface area (Å²) < 4.78 is 5.11. The van der Waals surface area contributed by atoms with E-state index < -0.39 is 0 Å². The van der Waals surface area contributed by atoms with Crippen LogP contribution in [0.25, 0.3) is 0 Å². The van der Waals surface area contributed by atoms with Crippen LogP contribution in [-0.4, -0.2) is 24.1 Å². The number of anilines is 1. The Hall–Kier alpha value is -3.32. The Bertz CT molecular complexity index is 813. The third-order valence-electron chi connectivity index (χ3n) is 3.25. The molecule has 0 radical (unpaired) electrons. The Kier molecular flexibility index (Phi) is 6.75. The highest BCUT2D eigenvalue weighted by Crippen LogP contribution is 2.17. The normalized spacial score (nSPS) is 11.8. The number of methoxy groups -OCH3 is 1. The van der Waals surface area contributed by atoms with Gasteiger partial charge in [0.05, 0.1) is 19.4 Å². The van der Waals surface area contributed by atoms with Crippen molar-refractivity contribution in [1.82, 2.24) is 5.32 Å². The third kappa shape index (κ3) is 5.95. The van der Waals surface area contributed by atoms with Crippen molar-refractivity contribution >= 4 is 23.3 Å². The third-order valence-corrected chi connectivity index (χ3v) is 3.25. The highest BCUT2D eigenvalue weighted by Gasteiger charge is 2.03. The molecule has 0 saturated heterocycles. The zero-order valence-corrected chi connectivity index (χ0v) is 14.9. The van der Waals surface area contributed by atoms with Crippen LogP contribution in [0.3, 0.4) is 0 Å². The monoisotopic (exact) mass is 353 g/mol. The molecule has 0 bridgehead atoms. The first kappa shape index (κ1) is 19.0. The molecule has 0 aliphatic carbocycles. The molecule has 0 aliphatic rings. The number of aliphatic hydroxyl groups excluding tert-OH is 1. The summed E-state index contributed by atoms with van der Waals surface area (Å²) in [6.07, 6.45) is 0. The van der Waals surface area contributed by atoms with Crippen molar-refractivity contribution < 1.29 is 9.84 Å². The topological polar surface area (TPSA) is 104 Å². The maximum absolute atomic E-state index is 9.25. The van der Waals surface area contributed by atoms with Crippen molar-refractivity contribution in [3.8, 4) is 5.75 Å². The van der Waals surface area contributed by atoms with E-state index in [1.165, 1.54) is 0 Å². The highest BCUT2D eigenvalue weighted by molar-refractivity contribution is 6.02. The molecule has 7 nitrogen and oxygen atoms in total. The molecule has 0 heterocycles. The van der Waals surface area contributed by atoms with E-state index in [2.05, 4.69) is 27.2 Å². The van der Waals surface area contributed by atoms with E-state index in [1.807, 2.05) is 24.3 Å². The number of rotatable bonds is 5. The Morgan fingerprint density at radius 2 is 1.96 bits per heavy atom. The van der Waals surface area contributed by atoms with Gasteiger partial charge in [-0.05, 0) is 48.9 Å². The molecule has 2 aromatic rings. The fraction of sp³-hybridized carbons (Fsp3) is 0.158. The predicted molar refractivity (Wildman–Crippen MR) is 106 cm³/mol. The fourth-order valence-corrected chi connectivity index (χ4v) is 2.10. The molecule has 0 atom stereocenters. The van der Waals surface area contributed by atoms with Gasteiger partial charge in [-0.2, -0.15) is 4.99 Å². The molecule has 0 aromatic heterocycles. The van der Waals surface area contributed by atoms with Crippen LogP contribution in [0.4, 0.5) is 11.4 Å². The van der Waals surface area contributed by atoms with Gasteiger partial charge in [-0.1, -0.05) is 18.7 Å². The Labute approximate surface area is 152 Å². The van der Waals surface area contributed by atoms with Crippen LogP contribution in [0, 0.1) is 0 Å². The number of hydrogen-bond donors (Lipinski definition) is 4. The first-order chi connectivity index (χ1) is 12.5. The second-order valence-corrected chi connectivity index (χ2v) is 5.52. The first-order valence-electron chi connectivity index (χ1n) is 7.96. The van der Waals surface area contributed by atoms with E-state index in [4.69, 9.17) is 10.5 Å². The van der Waals surface area contributed by atoms with Crippen molar-refractivity contribution in [3.05, 3.63) is 66.4 Å². The van der Waals surface area contributed by atoms with Crippen molar-refractivity contribution in [2.24, 2.45) is 15.7 Å². The first-order valence-corrected chi connectivity index (χ1v) is 7.96. The molecule has 136 valence electrons. The lowest BCUT2D eigenvalue weighted by molar-refractivity contribution is 0.282. The summed E-state index contributed by atoms with van der Waals surface area (Å²) in [4.78, 5) is 8.53. The van der Waals surface area contributed by atoms with Crippen LogP contribution >= 0.6 is 0 Å². The van der Waals surface area contributed by atoms with E-state index in [-0.39, 0.29) is 12.6 Å². The molecule has 0 saturated carbocycles. The Balaban J connectivity index is 2.22. The lowest BCUT2D eigenvalue weighted by Gasteiger charge is -2.12. The number of nitrogens with two attached hydrogens (primary N) is 1. The van der Waals surface area contributed by atoms with E-state index in [0.29, 0.717) is 17.3 Å². The molecule has 5 N–H and O–H groups in total. The summed E-state index contributed by atoms with van der Waals surface area (Å²) in [5, 5.41) is 15.4. The van der Waals surface area contributed by atoms with Gasteiger partial charge in [0.15, 0.2) is 0 Å². The number of benzene rings is 2. The maximum atomic E-state index is 9.25. The largest absolute Gasteiger partial charge is 0.497 e. The number of nitrogens with zero attached hydrogens (tertiary/aromatic N) is 2. The molecular weight excluding hydrogens is 330 g/mol. The van der Waals surface area contributed by atoms with E-state index >= 15 is 0 Å². The average Bonchev–Trinajstić information content (AvgIpc) is 2.61. The lowest BCUT2D eigenvalue weighted by atomic mass is 10.2. The zero-order valence-electron chi connectivity index (χ0n) is 14.9. The second-order valence-electron chi connectivity index (χ2n) is 5.52. The molecule has 0 unspecified atom stereocenters. The van der Waals surface area contributed by atoms with Gasteiger partial charge in [-0.15, -0.1) is 0 Å². The van der Waals surface area contributed by atoms with Crippen molar-refractivity contribution in [1.29, 1.82) is 0 Å². The molecule has 0 fully saturated rings. The average molecular weight is 353 g/mol. The smallest absolute Gasteiger partial charge is 0.223 e. The van der Waals surface area contributed by atoms with Gasteiger partial charge in [0.2, 0.25) is 11.9 Å². The molecule has 2 aromatic carbocycles. The minimum Gasteiger partial charge on any atom is -0.497 e. The molecule has 7 heteroatoms. The van der Waals surface area contributed by atoms with Gasteiger partial charge in [0, 0.05) is 11.4 Å². The zero-order chi connectivity index (χ0) is 18.9. The van der Waals surface area contributed by atoms with Gasteiger partial charge in [0.1, 0.15) is 5.75 Å². The number of aliphatic hydroxyl groups is 1. The summed E-state index contributed by atoms with van der Waals surface area (Å²) in [5.41, 5.74) is 8.82. The van der Waals surface area contributed by atoms with E-state index in [9.17, 15) is 5.11 Å².